The Morgan fingerprint density at radius 3 is 1.70 bits per heavy atom. The van der Waals surface area contributed by atoms with E-state index in [9.17, 15) is 9.59 Å². The summed E-state index contributed by atoms with van der Waals surface area (Å²) in [5, 5.41) is 8.78. The molecular formula is C36H62O4. The Balaban J connectivity index is 4.05. The number of carboxylic acid groups (broad SMARTS) is 1. The van der Waals surface area contributed by atoms with Gasteiger partial charge in [-0.2, -0.15) is 0 Å². The standard InChI is InChI=1S/C36H62O4/c1-3-5-7-9-11-12-13-14-15-16-17-18-19-21-23-29-33-36(39)40-34(30-26-22-20-10-8-6-4-2)31-27-24-25-28-32-35(37)38/h10,12-13,15-16,20,26,30,34H,3-9,11,14,17-19,21-25,27-29,31-33H2,1-2H3,(H,37,38)/b13-12-,16-15-,20-10-,30-26-. The molecule has 1 unspecified atom stereocenters. The van der Waals surface area contributed by atoms with Crippen LogP contribution in [-0.2, 0) is 14.3 Å². The highest BCUT2D eigenvalue weighted by atomic mass is 16.5. The summed E-state index contributed by atoms with van der Waals surface area (Å²) < 4.78 is 5.81. The Morgan fingerprint density at radius 2 is 1.07 bits per heavy atom. The van der Waals surface area contributed by atoms with Crippen molar-refractivity contribution in [1.82, 2.24) is 0 Å². The molecule has 0 aromatic carbocycles. The quantitative estimate of drug-likeness (QED) is 0.0563. The fourth-order valence-electron chi connectivity index (χ4n) is 4.50. The third-order valence-electron chi connectivity index (χ3n) is 7.01. The van der Waals surface area contributed by atoms with E-state index in [2.05, 4.69) is 56.4 Å². The first kappa shape index (κ1) is 37.9. The third kappa shape index (κ3) is 30.4. The van der Waals surface area contributed by atoms with Gasteiger partial charge >= 0.3 is 11.9 Å². The highest BCUT2D eigenvalue weighted by Crippen LogP contribution is 2.14. The maximum absolute atomic E-state index is 12.5. The molecule has 0 saturated carbocycles. The zero-order valence-corrected chi connectivity index (χ0v) is 26.1. The lowest BCUT2D eigenvalue weighted by Crippen LogP contribution is -2.16. The lowest BCUT2D eigenvalue weighted by molar-refractivity contribution is -0.147. The number of unbranched alkanes of at least 4 members (excludes halogenated alkanes) is 14. The average Bonchev–Trinajstić information content (AvgIpc) is 2.93. The van der Waals surface area contributed by atoms with Gasteiger partial charge in [-0.3, -0.25) is 9.59 Å². The minimum Gasteiger partial charge on any atom is -0.481 e. The van der Waals surface area contributed by atoms with Crippen LogP contribution in [0.3, 0.4) is 0 Å². The van der Waals surface area contributed by atoms with Gasteiger partial charge in [-0.15, -0.1) is 0 Å². The lowest BCUT2D eigenvalue weighted by Gasteiger charge is -2.14. The summed E-state index contributed by atoms with van der Waals surface area (Å²) in [6, 6.07) is 0. The van der Waals surface area contributed by atoms with Crippen molar-refractivity contribution in [3.63, 3.8) is 0 Å². The molecule has 0 amide bonds. The molecule has 0 aliphatic heterocycles. The minimum atomic E-state index is -0.731. The van der Waals surface area contributed by atoms with Gasteiger partial charge in [0.15, 0.2) is 0 Å². The molecule has 40 heavy (non-hydrogen) atoms. The van der Waals surface area contributed by atoms with Crippen molar-refractivity contribution < 1.29 is 19.4 Å². The average molecular weight is 559 g/mol. The molecule has 0 saturated heterocycles. The molecular weight excluding hydrogens is 496 g/mol. The SMILES string of the molecule is CCCC/C=C\C/C=C\C(CCCCCCC(=O)O)OC(=O)CCCCCCC/C=C\C/C=C\CCCCCC. The van der Waals surface area contributed by atoms with Crippen LogP contribution in [0.2, 0.25) is 0 Å². The van der Waals surface area contributed by atoms with E-state index in [1.54, 1.807) is 0 Å². The Morgan fingerprint density at radius 1 is 0.575 bits per heavy atom. The minimum absolute atomic E-state index is 0.0969. The zero-order valence-electron chi connectivity index (χ0n) is 26.1. The van der Waals surface area contributed by atoms with Gasteiger partial charge in [-0.05, 0) is 76.7 Å². The van der Waals surface area contributed by atoms with Gasteiger partial charge in [-0.1, -0.05) is 121 Å². The van der Waals surface area contributed by atoms with E-state index in [-0.39, 0.29) is 18.5 Å². The summed E-state index contributed by atoms with van der Waals surface area (Å²) in [5.74, 6) is -0.828. The van der Waals surface area contributed by atoms with Gasteiger partial charge < -0.3 is 9.84 Å². The number of hydrogen-bond donors (Lipinski definition) is 1. The summed E-state index contributed by atoms with van der Waals surface area (Å²) in [5.41, 5.74) is 0. The second kappa shape index (κ2) is 31.4. The van der Waals surface area contributed by atoms with E-state index in [0.29, 0.717) is 12.8 Å². The molecule has 0 rings (SSSR count). The van der Waals surface area contributed by atoms with Crippen molar-refractivity contribution in [2.45, 2.75) is 168 Å². The Kier molecular flexibility index (Phi) is 29.8. The van der Waals surface area contributed by atoms with E-state index in [0.717, 1.165) is 64.2 Å². The largest absolute Gasteiger partial charge is 0.481 e. The summed E-state index contributed by atoms with van der Waals surface area (Å²) in [7, 11) is 0. The fraction of sp³-hybridized carbons (Fsp3) is 0.722. The molecule has 230 valence electrons. The van der Waals surface area contributed by atoms with Crippen LogP contribution in [0.25, 0.3) is 0 Å². The van der Waals surface area contributed by atoms with Crippen LogP contribution in [0.4, 0.5) is 0 Å². The zero-order chi connectivity index (χ0) is 29.4. The number of rotatable bonds is 29. The van der Waals surface area contributed by atoms with E-state index in [4.69, 9.17) is 9.84 Å². The van der Waals surface area contributed by atoms with E-state index < -0.39 is 5.97 Å². The van der Waals surface area contributed by atoms with Crippen molar-refractivity contribution in [1.29, 1.82) is 0 Å². The summed E-state index contributed by atoms with van der Waals surface area (Å²) in [6.07, 6.45) is 41.3. The number of hydrogen-bond acceptors (Lipinski definition) is 3. The number of aliphatic carboxylic acids is 1. The highest BCUT2D eigenvalue weighted by molar-refractivity contribution is 5.69. The number of carboxylic acids is 1. The Labute approximate surface area is 247 Å². The predicted molar refractivity (Wildman–Crippen MR) is 172 cm³/mol. The van der Waals surface area contributed by atoms with Crippen molar-refractivity contribution in [3.05, 3.63) is 48.6 Å². The molecule has 4 heteroatoms. The lowest BCUT2D eigenvalue weighted by atomic mass is 10.1. The number of carbonyl (C=O) groups is 2. The molecule has 0 fully saturated rings. The predicted octanol–water partition coefficient (Wildman–Crippen LogP) is 11.2. The topological polar surface area (TPSA) is 63.6 Å². The number of allylic oxidation sites excluding steroid dienone is 7. The van der Waals surface area contributed by atoms with Gasteiger partial charge in [0.2, 0.25) is 0 Å². The first-order valence-corrected chi connectivity index (χ1v) is 16.6. The molecule has 1 atom stereocenters. The maximum Gasteiger partial charge on any atom is 0.306 e. The molecule has 0 aliphatic carbocycles. The first-order chi connectivity index (χ1) is 19.6. The molecule has 0 aliphatic rings. The molecule has 0 aromatic rings. The molecule has 0 radical (unpaired) electrons. The van der Waals surface area contributed by atoms with Gasteiger partial charge in [0.1, 0.15) is 6.10 Å². The normalized spacial score (nSPS) is 12.8. The highest BCUT2D eigenvalue weighted by Gasteiger charge is 2.11. The van der Waals surface area contributed by atoms with Crippen LogP contribution < -0.4 is 0 Å². The maximum atomic E-state index is 12.5. The summed E-state index contributed by atoms with van der Waals surface area (Å²) >= 11 is 0. The Hall–Kier alpha value is -2.10. The summed E-state index contributed by atoms with van der Waals surface area (Å²) in [4.78, 5) is 23.1. The monoisotopic (exact) mass is 558 g/mol. The van der Waals surface area contributed by atoms with Crippen LogP contribution in [0.1, 0.15) is 162 Å². The number of esters is 1. The van der Waals surface area contributed by atoms with Crippen molar-refractivity contribution in [3.8, 4) is 0 Å². The van der Waals surface area contributed by atoms with E-state index >= 15 is 0 Å². The van der Waals surface area contributed by atoms with Gasteiger partial charge in [-0.25, -0.2) is 0 Å². The van der Waals surface area contributed by atoms with Crippen LogP contribution in [-0.4, -0.2) is 23.1 Å². The van der Waals surface area contributed by atoms with Gasteiger partial charge in [0.25, 0.3) is 0 Å². The smallest absolute Gasteiger partial charge is 0.306 e. The second-order valence-electron chi connectivity index (χ2n) is 11.0. The molecule has 0 aromatic heterocycles. The molecule has 4 nitrogen and oxygen atoms in total. The molecule has 0 bridgehead atoms. The third-order valence-corrected chi connectivity index (χ3v) is 7.01. The number of carbonyl (C=O) groups excluding carboxylic acids is 1. The molecule has 0 spiro atoms. The van der Waals surface area contributed by atoms with Gasteiger partial charge in [0, 0.05) is 12.8 Å². The molecule has 1 N–H and O–H groups in total. The van der Waals surface area contributed by atoms with Crippen LogP contribution >= 0.6 is 0 Å². The van der Waals surface area contributed by atoms with Crippen molar-refractivity contribution in [2.24, 2.45) is 0 Å². The van der Waals surface area contributed by atoms with E-state index in [1.807, 2.05) is 6.08 Å². The van der Waals surface area contributed by atoms with Crippen LogP contribution in [0.15, 0.2) is 48.6 Å². The van der Waals surface area contributed by atoms with E-state index in [1.165, 1.54) is 64.2 Å². The van der Waals surface area contributed by atoms with Crippen LogP contribution in [0, 0.1) is 0 Å². The van der Waals surface area contributed by atoms with Crippen molar-refractivity contribution in [2.75, 3.05) is 0 Å². The Bertz CT molecular complexity index is 689. The van der Waals surface area contributed by atoms with Crippen molar-refractivity contribution >= 4 is 11.9 Å². The van der Waals surface area contributed by atoms with Crippen LogP contribution in [0.5, 0.6) is 0 Å². The molecule has 0 heterocycles. The number of ether oxygens (including phenoxy) is 1. The second-order valence-corrected chi connectivity index (χ2v) is 11.0. The fourth-order valence-corrected chi connectivity index (χ4v) is 4.50. The summed E-state index contributed by atoms with van der Waals surface area (Å²) in [6.45, 7) is 4.45. The first-order valence-electron chi connectivity index (χ1n) is 16.6. The van der Waals surface area contributed by atoms with Gasteiger partial charge in [0.05, 0.1) is 0 Å².